The largest absolute Gasteiger partial charge is 0.467 e. The number of piperazine rings is 1. The Labute approximate surface area is 214 Å². The zero-order valence-electron chi connectivity index (χ0n) is 21.6. The van der Waals surface area contributed by atoms with Crippen molar-refractivity contribution in [2.45, 2.75) is 45.7 Å². The van der Waals surface area contributed by atoms with Crippen molar-refractivity contribution in [1.29, 1.82) is 0 Å². The van der Waals surface area contributed by atoms with Crippen LogP contribution in [0.25, 0.3) is 10.9 Å². The standard InChI is InChI=1S/C26H33FN4O6/c1-5-37-24(33)18-14-31(16-6-7-16)20-13-21(19(27)12-17(20)23(18)32)29-8-10-30(11-9-29)26(35)28-22(15(2)3)25(34)36-4/h12-16,22H,5-11H2,1-4H3,(H,28,35). The van der Waals surface area contributed by atoms with Gasteiger partial charge in [-0.15, -0.1) is 0 Å². The average molecular weight is 517 g/mol. The van der Waals surface area contributed by atoms with Crippen LogP contribution in [0.2, 0.25) is 0 Å². The van der Waals surface area contributed by atoms with Crippen LogP contribution in [0.15, 0.2) is 23.1 Å². The molecule has 2 aromatic rings. The van der Waals surface area contributed by atoms with Gasteiger partial charge in [0.2, 0.25) is 5.43 Å². The van der Waals surface area contributed by atoms with E-state index in [4.69, 9.17) is 9.47 Å². The maximum atomic E-state index is 15.3. The van der Waals surface area contributed by atoms with Crippen LogP contribution in [0, 0.1) is 11.7 Å². The lowest BCUT2D eigenvalue weighted by Gasteiger charge is -2.37. The molecule has 2 fully saturated rings. The predicted octanol–water partition coefficient (Wildman–Crippen LogP) is 2.68. The average Bonchev–Trinajstić information content (AvgIpc) is 3.72. The van der Waals surface area contributed by atoms with E-state index in [0.29, 0.717) is 37.4 Å². The molecular formula is C26H33FN4O6. The third-order valence-electron chi connectivity index (χ3n) is 6.84. The van der Waals surface area contributed by atoms with Crippen LogP contribution in [0.1, 0.15) is 50.0 Å². The number of rotatable bonds is 7. The number of pyridine rings is 1. The number of amides is 2. The lowest BCUT2D eigenvalue weighted by Crippen LogP contribution is -2.56. The number of carbonyl (C=O) groups is 3. The van der Waals surface area contributed by atoms with Gasteiger partial charge in [-0.1, -0.05) is 13.8 Å². The van der Waals surface area contributed by atoms with Crippen molar-refractivity contribution < 1.29 is 28.2 Å². The molecule has 200 valence electrons. The van der Waals surface area contributed by atoms with Gasteiger partial charge in [-0.05, 0) is 37.8 Å². The number of methoxy groups -OCH3 is 1. The second kappa shape index (κ2) is 10.8. The number of carbonyl (C=O) groups excluding carboxylic acids is 3. The fourth-order valence-corrected chi connectivity index (χ4v) is 4.61. The van der Waals surface area contributed by atoms with E-state index < -0.39 is 29.2 Å². The molecule has 1 N–H and O–H groups in total. The molecule has 37 heavy (non-hydrogen) atoms. The molecule has 10 nitrogen and oxygen atoms in total. The van der Waals surface area contributed by atoms with Gasteiger partial charge in [-0.3, -0.25) is 4.79 Å². The van der Waals surface area contributed by atoms with E-state index in [1.807, 2.05) is 23.3 Å². The van der Waals surface area contributed by atoms with Crippen molar-refractivity contribution in [2.75, 3.05) is 44.8 Å². The number of anilines is 1. The predicted molar refractivity (Wildman–Crippen MR) is 135 cm³/mol. The maximum absolute atomic E-state index is 15.3. The van der Waals surface area contributed by atoms with Gasteiger partial charge in [0.05, 0.1) is 24.9 Å². The van der Waals surface area contributed by atoms with E-state index in [2.05, 4.69) is 5.32 Å². The zero-order chi connectivity index (χ0) is 26.9. The van der Waals surface area contributed by atoms with Gasteiger partial charge in [0.15, 0.2) is 0 Å². The number of halogens is 1. The molecule has 0 spiro atoms. The minimum atomic E-state index is -0.757. The van der Waals surface area contributed by atoms with Gasteiger partial charge in [-0.25, -0.2) is 18.8 Å². The summed E-state index contributed by atoms with van der Waals surface area (Å²) >= 11 is 0. The van der Waals surface area contributed by atoms with E-state index in [1.165, 1.54) is 19.4 Å². The van der Waals surface area contributed by atoms with Crippen LogP contribution in [0.5, 0.6) is 0 Å². The highest BCUT2D eigenvalue weighted by Gasteiger charge is 2.31. The summed E-state index contributed by atoms with van der Waals surface area (Å²) in [6.45, 7) is 6.83. The highest BCUT2D eigenvalue weighted by atomic mass is 19.1. The van der Waals surface area contributed by atoms with E-state index in [9.17, 15) is 19.2 Å². The molecule has 11 heteroatoms. The molecule has 0 bridgehead atoms. The Balaban J connectivity index is 1.56. The second-order valence-corrected chi connectivity index (χ2v) is 9.72. The normalized spacial score (nSPS) is 16.6. The molecule has 1 aliphatic heterocycles. The summed E-state index contributed by atoms with van der Waals surface area (Å²) in [5, 5.41) is 2.87. The fraction of sp³-hybridized carbons (Fsp3) is 0.538. The minimum Gasteiger partial charge on any atom is -0.467 e. The molecule has 1 aromatic carbocycles. The Morgan fingerprint density at radius 1 is 1.14 bits per heavy atom. The molecule has 2 aliphatic rings. The topological polar surface area (TPSA) is 110 Å². The van der Waals surface area contributed by atoms with Gasteiger partial charge < -0.3 is 29.2 Å². The Morgan fingerprint density at radius 2 is 1.81 bits per heavy atom. The second-order valence-electron chi connectivity index (χ2n) is 9.72. The molecule has 4 rings (SSSR count). The summed E-state index contributed by atoms with van der Waals surface area (Å²) in [5.41, 5.74) is 0.247. The van der Waals surface area contributed by atoms with Crippen molar-refractivity contribution in [3.05, 3.63) is 39.9 Å². The number of esters is 2. The van der Waals surface area contributed by atoms with E-state index in [1.54, 1.807) is 17.9 Å². The Hall–Kier alpha value is -3.63. The van der Waals surface area contributed by atoms with Crippen LogP contribution in [0.4, 0.5) is 14.9 Å². The van der Waals surface area contributed by atoms with Gasteiger partial charge in [-0.2, -0.15) is 0 Å². The van der Waals surface area contributed by atoms with Crippen LogP contribution in [-0.4, -0.2) is 73.4 Å². The first-order valence-electron chi connectivity index (χ1n) is 12.6. The van der Waals surface area contributed by atoms with Crippen LogP contribution in [-0.2, 0) is 14.3 Å². The van der Waals surface area contributed by atoms with Crippen LogP contribution in [0.3, 0.4) is 0 Å². The summed E-state index contributed by atoms with van der Waals surface area (Å²) in [6.07, 6.45) is 3.34. The van der Waals surface area contributed by atoms with Crippen LogP contribution >= 0.6 is 0 Å². The number of urea groups is 1. The number of hydrogen-bond donors (Lipinski definition) is 1. The molecule has 1 atom stereocenters. The SMILES string of the molecule is CCOC(=O)c1cn(C2CC2)c2cc(N3CCN(C(=O)NC(C(=O)OC)C(C)C)CC3)c(F)cc2c1=O. The van der Waals surface area contributed by atoms with E-state index in [-0.39, 0.29) is 35.5 Å². The molecular weight excluding hydrogens is 483 g/mol. The lowest BCUT2D eigenvalue weighted by molar-refractivity contribution is -0.144. The lowest BCUT2D eigenvalue weighted by atomic mass is 10.1. The fourth-order valence-electron chi connectivity index (χ4n) is 4.61. The Bertz CT molecular complexity index is 1260. The molecule has 1 aromatic heterocycles. The number of nitrogens with zero attached hydrogens (tertiary/aromatic N) is 3. The van der Waals surface area contributed by atoms with Gasteiger partial charge in [0, 0.05) is 43.8 Å². The molecule has 2 amide bonds. The summed E-state index contributed by atoms with van der Waals surface area (Å²) in [6, 6.07) is 1.85. The van der Waals surface area contributed by atoms with Crippen molar-refractivity contribution in [3.8, 4) is 0 Å². The van der Waals surface area contributed by atoms with E-state index >= 15 is 4.39 Å². The number of hydrogen-bond acceptors (Lipinski definition) is 7. The quantitative estimate of drug-likeness (QED) is 0.564. The third-order valence-corrected chi connectivity index (χ3v) is 6.84. The molecule has 1 aliphatic carbocycles. The first kappa shape index (κ1) is 26.4. The number of aromatic nitrogens is 1. The monoisotopic (exact) mass is 516 g/mol. The number of nitrogens with one attached hydrogen (secondary N) is 1. The van der Waals surface area contributed by atoms with Crippen molar-refractivity contribution in [2.24, 2.45) is 5.92 Å². The Morgan fingerprint density at radius 3 is 2.38 bits per heavy atom. The summed E-state index contributed by atoms with van der Waals surface area (Å²) < 4.78 is 27.0. The van der Waals surface area contributed by atoms with Crippen LogP contribution < -0.4 is 15.6 Å². The summed E-state index contributed by atoms with van der Waals surface area (Å²) in [5.74, 6) is -1.93. The molecule has 1 saturated carbocycles. The Kier molecular flexibility index (Phi) is 7.70. The molecule has 1 unspecified atom stereocenters. The highest BCUT2D eigenvalue weighted by Crippen LogP contribution is 2.38. The van der Waals surface area contributed by atoms with Gasteiger partial charge >= 0.3 is 18.0 Å². The zero-order valence-corrected chi connectivity index (χ0v) is 21.6. The summed E-state index contributed by atoms with van der Waals surface area (Å²) in [4.78, 5) is 53.5. The summed E-state index contributed by atoms with van der Waals surface area (Å²) in [7, 11) is 1.28. The van der Waals surface area contributed by atoms with E-state index in [0.717, 1.165) is 12.8 Å². The first-order valence-corrected chi connectivity index (χ1v) is 12.6. The van der Waals surface area contributed by atoms with Gasteiger partial charge in [0.1, 0.15) is 17.4 Å². The maximum Gasteiger partial charge on any atom is 0.343 e. The third kappa shape index (κ3) is 5.40. The highest BCUT2D eigenvalue weighted by molar-refractivity contribution is 5.94. The first-order chi connectivity index (χ1) is 17.7. The molecule has 0 radical (unpaired) electrons. The van der Waals surface area contributed by atoms with Crippen molar-refractivity contribution >= 4 is 34.6 Å². The number of ether oxygens (including phenoxy) is 2. The smallest absolute Gasteiger partial charge is 0.343 e. The molecule has 2 heterocycles. The number of benzene rings is 1. The van der Waals surface area contributed by atoms with Crippen molar-refractivity contribution in [1.82, 2.24) is 14.8 Å². The van der Waals surface area contributed by atoms with Gasteiger partial charge in [0.25, 0.3) is 0 Å². The minimum absolute atomic E-state index is 0.0975. The number of fused-ring (bicyclic) bond motifs is 1. The molecule has 1 saturated heterocycles. The van der Waals surface area contributed by atoms with Crippen molar-refractivity contribution in [3.63, 3.8) is 0 Å².